The highest BCUT2D eigenvalue weighted by Gasteiger charge is 2.27. The fourth-order valence-electron chi connectivity index (χ4n) is 2.58. The van der Waals surface area contributed by atoms with Gasteiger partial charge in [-0.05, 0) is 43.5 Å². The first-order chi connectivity index (χ1) is 13.1. The van der Waals surface area contributed by atoms with E-state index in [4.69, 9.17) is 15.7 Å². The van der Waals surface area contributed by atoms with E-state index in [1.165, 1.54) is 0 Å². The molecule has 0 spiro atoms. The number of nitrogens with zero attached hydrogens (tertiary/aromatic N) is 1. The molecule has 0 heterocycles. The zero-order chi connectivity index (χ0) is 19.5. The summed E-state index contributed by atoms with van der Waals surface area (Å²) >= 11 is 0. The Balaban J connectivity index is 2.18. The summed E-state index contributed by atoms with van der Waals surface area (Å²) in [6.45, 7) is 0.672. The molecule has 0 radical (unpaired) electrons. The van der Waals surface area contributed by atoms with Crippen molar-refractivity contribution in [2.75, 3.05) is 11.6 Å². The molecule has 0 aromatic heterocycles. The molecule has 2 aromatic carbocycles. The van der Waals surface area contributed by atoms with Crippen LogP contribution in [0.5, 0.6) is 0 Å². The van der Waals surface area contributed by atoms with Crippen LogP contribution in [0, 0.1) is 0 Å². The Hall–Kier alpha value is -2.90. The third-order valence-electron chi connectivity index (χ3n) is 3.94. The topological polar surface area (TPSA) is 105 Å². The van der Waals surface area contributed by atoms with Crippen molar-refractivity contribution in [3.63, 3.8) is 0 Å². The minimum Gasteiger partial charge on any atom is -0.465 e. The number of hydroxylamine groups is 1. The number of carbonyl (C=O) groups excluding carboxylic acids is 1. The monoisotopic (exact) mass is 371 g/mol. The van der Waals surface area contributed by atoms with E-state index in [1.54, 1.807) is 24.3 Å². The summed E-state index contributed by atoms with van der Waals surface area (Å²) in [6.07, 6.45) is 0.438. The van der Waals surface area contributed by atoms with Gasteiger partial charge in [-0.1, -0.05) is 48.5 Å². The van der Waals surface area contributed by atoms with Gasteiger partial charge in [-0.15, -0.1) is 0 Å². The molecule has 27 heavy (non-hydrogen) atoms. The first-order valence-electron chi connectivity index (χ1n) is 8.87. The number of nitrogens with two attached hydrogens (primary N) is 1. The van der Waals surface area contributed by atoms with Crippen molar-refractivity contribution in [1.82, 2.24) is 5.32 Å². The second-order valence-corrected chi connectivity index (χ2v) is 6.01. The summed E-state index contributed by atoms with van der Waals surface area (Å²) in [5.41, 5.74) is 6.93. The van der Waals surface area contributed by atoms with Gasteiger partial charge in [-0.25, -0.2) is 4.79 Å². The van der Waals surface area contributed by atoms with Crippen LogP contribution in [0.1, 0.15) is 24.8 Å². The molecular formula is C20H25N3O4. The van der Waals surface area contributed by atoms with E-state index in [0.717, 1.165) is 10.6 Å². The lowest BCUT2D eigenvalue weighted by molar-refractivity contribution is -0.128. The van der Waals surface area contributed by atoms with Gasteiger partial charge in [0.25, 0.3) is 5.91 Å². The van der Waals surface area contributed by atoms with Crippen molar-refractivity contribution in [3.05, 3.63) is 66.2 Å². The van der Waals surface area contributed by atoms with Gasteiger partial charge in [0.05, 0.1) is 5.69 Å². The number of rotatable bonds is 10. The van der Waals surface area contributed by atoms with E-state index in [1.807, 2.05) is 36.4 Å². The molecule has 7 nitrogen and oxygen atoms in total. The minimum absolute atomic E-state index is 0.185. The van der Waals surface area contributed by atoms with Gasteiger partial charge < -0.3 is 16.2 Å². The fraction of sp³-hybridized carbons (Fsp3) is 0.300. The quantitative estimate of drug-likeness (QED) is 0.440. The van der Waals surface area contributed by atoms with Crippen LogP contribution >= 0.6 is 0 Å². The number of benzene rings is 2. The Morgan fingerprint density at radius 3 is 2.26 bits per heavy atom. The van der Waals surface area contributed by atoms with Crippen molar-refractivity contribution >= 4 is 17.7 Å². The van der Waals surface area contributed by atoms with E-state index >= 15 is 0 Å². The second kappa shape index (κ2) is 10.9. The van der Waals surface area contributed by atoms with Crippen LogP contribution in [0.15, 0.2) is 60.7 Å². The average molecular weight is 371 g/mol. The molecule has 0 fully saturated rings. The van der Waals surface area contributed by atoms with Crippen molar-refractivity contribution < 1.29 is 19.5 Å². The summed E-state index contributed by atoms with van der Waals surface area (Å²) in [4.78, 5) is 29.9. The number of nitrogens with one attached hydrogen (secondary N) is 1. The highest BCUT2D eigenvalue weighted by atomic mass is 16.7. The third kappa shape index (κ3) is 6.73. The molecule has 7 heteroatoms. The van der Waals surface area contributed by atoms with Gasteiger partial charge in [0.1, 0.15) is 12.6 Å². The Labute approximate surface area is 158 Å². The molecule has 0 aliphatic heterocycles. The molecule has 0 bridgehead atoms. The van der Waals surface area contributed by atoms with Crippen LogP contribution in [-0.2, 0) is 16.2 Å². The van der Waals surface area contributed by atoms with Crippen LogP contribution < -0.4 is 16.1 Å². The highest BCUT2D eigenvalue weighted by Crippen LogP contribution is 2.18. The van der Waals surface area contributed by atoms with Crippen molar-refractivity contribution in [3.8, 4) is 0 Å². The number of hydrogen-bond donors (Lipinski definition) is 3. The molecule has 4 N–H and O–H groups in total. The molecule has 0 saturated heterocycles. The van der Waals surface area contributed by atoms with Crippen LogP contribution in [0.4, 0.5) is 10.5 Å². The van der Waals surface area contributed by atoms with Crippen LogP contribution in [0.3, 0.4) is 0 Å². The van der Waals surface area contributed by atoms with Gasteiger partial charge in [0.15, 0.2) is 0 Å². The molecule has 1 unspecified atom stereocenters. The number of carboxylic acid groups (broad SMARTS) is 1. The first kappa shape index (κ1) is 20.4. The lowest BCUT2D eigenvalue weighted by Crippen LogP contribution is -2.48. The summed E-state index contributed by atoms with van der Waals surface area (Å²) < 4.78 is 0. The molecular weight excluding hydrogens is 346 g/mol. The van der Waals surface area contributed by atoms with Crippen LogP contribution in [0.25, 0.3) is 0 Å². The van der Waals surface area contributed by atoms with Crippen LogP contribution in [-0.4, -0.2) is 29.7 Å². The number of unbranched alkanes of at least 4 members (excludes halogenated alkanes) is 1. The SMILES string of the molecule is NCCCCC(NC(=O)O)C(=O)N(OCc1ccccc1)c1ccccc1. The lowest BCUT2D eigenvalue weighted by Gasteiger charge is -2.26. The molecule has 0 saturated carbocycles. The standard InChI is InChI=1S/C20H25N3O4/c21-14-8-7-13-18(22-20(25)26)19(24)23(17-11-5-2-6-12-17)27-15-16-9-3-1-4-10-16/h1-6,9-12,18,22H,7-8,13-15,21H2,(H,25,26). The number of anilines is 1. The van der Waals surface area contributed by atoms with E-state index in [0.29, 0.717) is 31.5 Å². The molecule has 0 aliphatic carbocycles. The van der Waals surface area contributed by atoms with Gasteiger partial charge in [0.2, 0.25) is 0 Å². The number of carbonyl (C=O) groups is 2. The zero-order valence-corrected chi connectivity index (χ0v) is 15.1. The maximum absolute atomic E-state index is 13.0. The van der Waals surface area contributed by atoms with Gasteiger partial charge in [-0.3, -0.25) is 9.63 Å². The summed E-state index contributed by atoms with van der Waals surface area (Å²) in [5, 5.41) is 12.6. The molecule has 1 atom stereocenters. The van der Waals surface area contributed by atoms with Gasteiger partial charge in [-0.2, -0.15) is 5.06 Å². The van der Waals surface area contributed by atoms with Crippen LogP contribution in [0.2, 0.25) is 0 Å². The van der Waals surface area contributed by atoms with E-state index in [2.05, 4.69) is 5.32 Å². The Morgan fingerprint density at radius 2 is 1.67 bits per heavy atom. The predicted molar refractivity (Wildman–Crippen MR) is 103 cm³/mol. The Bertz CT molecular complexity index is 710. The fourth-order valence-corrected chi connectivity index (χ4v) is 2.58. The number of hydrogen-bond acceptors (Lipinski definition) is 4. The summed E-state index contributed by atoms with van der Waals surface area (Å²) in [6, 6.07) is 17.4. The molecule has 144 valence electrons. The van der Waals surface area contributed by atoms with Crippen molar-refractivity contribution in [2.45, 2.75) is 31.9 Å². The van der Waals surface area contributed by atoms with Crippen molar-refractivity contribution in [2.24, 2.45) is 5.73 Å². The maximum atomic E-state index is 13.0. The third-order valence-corrected chi connectivity index (χ3v) is 3.94. The highest BCUT2D eigenvalue weighted by molar-refractivity contribution is 5.96. The Kier molecular flexibility index (Phi) is 8.28. The van der Waals surface area contributed by atoms with Gasteiger partial charge >= 0.3 is 6.09 Å². The summed E-state index contributed by atoms with van der Waals surface area (Å²) in [5.74, 6) is -0.462. The Morgan fingerprint density at radius 1 is 1.04 bits per heavy atom. The molecule has 2 rings (SSSR count). The predicted octanol–water partition coefficient (Wildman–Crippen LogP) is 2.92. The smallest absolute Gasteiger partial charge is 0.405 e. The zero-order valence-electron chi connectivity index (χ0n) is 15.1. The normalized spacial score (nSPS) is 11.6. The molecule has 2 amide bonds. The minimum atomic E-state index is -1.25. The number of para-hydroxylation sites is 1. The molecule has 2 aromatic rings. The number of amides is 2. The molecule has 0 aliphatic rings. The first-order valence-corrected chi connectivity index (χ1v) is 8.87. The summed E-state index contributed by atoms with van der Waals surface area (Å²) in [7, 11) is 0. The average Bonchev–Trinajstić information content (AvgIpc) is 2.69. The second-order valence-electron chi connectivity index (χ2n) is 6.01. The van der Waals surface area contributed by atoms with E-state index in [-0.39, 0.29) is 6.61 Å². The lowest BCUT2D eigenvalue weighted by atomic mass is 10.1. The van der Waals surface area contributed by atoms with Gasteiger partial charge in [0, 0.05) is 0 Å². The maximum Gasteiger partial charge on any atom is 0.405 e. The van der Waals surface area contributed by atoms with E-state index in [9.17, 15) is 9.59 Å². The van der Waals surface area contributed by atoms with E-state index < -0.39 is 18.0 Å². The largest absolute Gasteiger partial charge is 0.465 e. The van der Waals surface area contributed by atoms with Crippen molar-refractivity contribution in [1.29, 1.82) is 0 Å².